The number of primary amides is 1. The number of aliphatic hydroxyl groups excluding tert-OH is 1. The lowest BCUT2D eigenvalue weighted by Gasteiger charge is -2.27. The summed E-state index contributed by atoms with van der Waals surface area (Å²) in [7, 11) is 0. The Kier molecular flexibility index (Phi) is 6.36. The molecule has 3 nitrogen and oxygen atoms in total. The van der Waals surface area contributed by atoms with Gasteiger partial charge in [0, 0.05) is 11.8 Å². The van der Waals surface area contributed by atoms with E-state index in [0.29, 0.717) is 0 Å². The molecular weight excluding hydrogens is 286 g/mol. The molecule has 3 atom stereocenters. The number of nitrogens with two attached hydrogens (primary N) is 1. The second kappa shape index (κ2) is 8.49. The van der Waals surface area contributed by atoms with Crippen molar-refractivity contribution in [2.24, 2.45) is 11.7 Å². The van der Waals surface area contributed by atoms with E-state index in [1.807, 2.05) is 55.5 Å². The van der Waals surface area contributed by atoms with Gasteiger partial charge in [0.2, 0.25) is 5.91 Å². The third-order valence-corrected chi connectivity index (χ3v) is 4.53. The SMILES string of the molecule is CC(CCC(c1ccccc1)[C@@H](CO)c1ccccc1)C(N)=O. The third kappa shape index (κ3) is 4.67. The zero-order chi connectivity index (χ0) is 16.7. The molecule has 0 aliphatic heterocycles. The summed E-state index contributed by atoms with van der Waals surface area (Å²) in [6, 6.07) is 20.3. The predicted molar refractivity (Wildman–Crippen MR) is 93.0 cm³/mol. The van der Waals surface area contributed by atoms with Crippen molar-refractivity contribution in [1.29, 1.82) is 0 Å². The summed E-state index contributed by atoms with van der Waals surface area (Å²) in [5.41, 5.74) is 7.70. The Labute approximate surface area is 138 Å². The standard InChI is InChI=1S/C20H25NO2/c1-15(20(21)23)12-13-18(16-8-4-2-5-9-16)19(14-22)17-10-6-3-7-11-17/h2-11,15,18-19,22H,12-14H2,1H3,(H2,21,23)/t15?,18?,19-/m0/s1. The van der Waals surface area contributed by atoms with Crippen LogP contribution in [0.1, 0.15) is 42.7 Å². The van der Waals surface area contributed by atoms with E-state index in [2.05, 4.69) is 12.1 Å². The fraction of sp³-hybridized carbons (Fsp3) is 0.350. The van der Waals surface area contributed by atoms with Crippen LogP contribution in [-0.2, 0) is 4.79 Å². The molecule has 1 amide bonds. The predicted octanol–water partition coefficient (Wildman–Crippen LogP) is 3.45. The van der Waals surface area contributed by atoms with Crippen LogP contribution in [0.15, 0.2) is 60.7 Å². The summed E-state index contributed by atoms with van der Waals surface area (Å²) in [5.74, 6) is -0.252. The Morgan fingerprint density at radius 3 is 1.83 bits per heavy atom. The normalized spacial score (nSPS) is 14.9. The zero-order valence-electron chi connectivity index (χ0n) is 13.6. The lowest BCUT2D eigenvalue weighted by molar-refractivity contribution is -0.121. The molecular formula is C20H25NO2. The first kappa shape index (κ1) is 17.2. The summed E-state index contributed by atoms with van der Waals surface area (Å²) in [5, 5.41) is 9.99. The Hall–Kier alpha value is -2.13. The molecule has 2 aromatic rings. The molecule has 122 valence electrons. The van der Waals surface area contributed by atoms with E-state index in [-0.39, 0.29) is 30.3 Å². The van der Waals surface area contributed by atoms with Crippen molar-refractivity contribution < 1.29 is 9.90 Å². The molecule has 0 heterocycles. The van der Waals surface area contributed by atoms with Crippen LogP contribution >= 0.6 is 0 Å². The monoisotopic (exact) mass is 311 g/mol. The molecule has 3 N–H and O–H groups in total. The van der Waals surface area contributed by atoms with Crippen LogP contribution in [0, 0.1) is 5.92 Å². The Morgan fingerprint density at radius 2 is 1.39 bits per heavy atom. The molecule has 0 radical (unpaired) electrons. The van der Waals surface area contributed by atoms with Gasteiger partial charge in [-0.1, -0.05) is 67.6 Å². The lowest BCUT2D eigenvalue weighted by Crippen LogP contribution is -2.22. The van der Waals surface area contributed by atoms with Gasteiger partial charge in [-0.3, -0.25) is 4.79 Å². The van der Waals surface area contributed by atoms with Gasteiger partial charge in [0.15, 0.2) is 0 Å². The minimum absolute atomic E-state index is 0.0127. The largest absolute Gasteiger partial charge is 0.396 e. The van der Waals surface area contributed by atoms with Crippen molar-refractivity contribution in [2.45, 2.75) is 31.6 Å². The lowest BCUT2D eigenvalue weighted by atomic mass is 9.78. The van der Waals surface area contributed by atoms with Crippen LogP contribution in [0.4, 0.5) is 0 Å². The maximum absolute atomic E-state index is 11.3. The second-order valence-electron chi connectivity index (χ2n) is 6.10. The van der Waals surface area contributed by atoms with E-state index < -0.39 is 0 Å². The fourth-order valence-corrected chi connectivity index (χ4v) is 3.04. The van der Waals surface area contributed by atoms with Crippen molar-refractivity contribution in [1.82, 2.24) is 0 Å². The van der Waals surface area contributed by atoms with Gasteiger partial charge in [-0.05, 0) is 29.9 Å². The van der Waals surface area contributed by atoms with Crippen molar-refractivity contribution in [3.05, 3.63) is 71.8 Å². The van der Waals surface area contributed by atoms with Crippen LogP contribution in [0.2, 0.25) is 0 Å². The number of amides is 1. The molecule has 0 bridgehead atoms. The molecule has 0 spiro atoms. The highest BCUT2D eigenvalue weighted by Crippen LogP contribution is 2.37. The molecule has 0 aromatic heterocycles. The van der Waals surface area contributed by atoms with Gasteiger partial charge in [0.1, 0.15) is 0 Å². The van der Waals surface area contributed by atoms with Crippen molar-refractivity contribution in [3.63, 3.8) is 0 Å². The average molecular weight is 311 g/mol. The molecule has 2 aromatic carbocycles. The number of hydrogen-bond donors (Lipinski definition) is 2. The van der Waals surface area contributed by atoms with Crippen molar-refractivity contribution in [3.8, 4) is 0 Å². The van der Waals surface area contributed by atoms with E-state index in [4.69, 9.17) is 5.73 Å². The quantitative estimate of drug-likeness (QED) is 0.784. The zero-order valence-corrected chi connectivity index (χ0v) is 13.6. The van der Waals surface area contributed by atoms with Crippen molar-refractivity contribution in [2.75, 3.05) is 6.61 Å². The molecule has 3 heteroatoms. The highest BCUT2D eigenvalue weighted by molar-refractivity contribution is 5.76. The summed E-state index contributed by atoms with van der Waals surface area (Å²) < 4.78 is 0. The first-order valence-corrected chi connectivity index (χ1v) is 8.13. The molecule has 0 fully saturated rings. The summed E-state index contributed by atoms with van der Waals surface area (Å²) >= 11 is 0. The summed E-state index contributed by atoms with van der Waals surface area (Å²) in [6.45, 7) is 1.94. The first-order chi connectivity index (χ1) is 11.1. The molecule has 0 saturated carbocycles. The minimum Gasteiger partial charge on any atom is -0.396 e. The second-order valence-corrected chi connectivity index (χ2v) is 6.10. The number of benzene rings is 2. The third-order valence-electron chi connectivity index (χ3n) is 4.53. The number of carbonyl (C=O) groups excluding carboxylic acids is 1. The topological polar surface area (TPSA) is 63.3 Å². The van der Waals surface area contributed by atoms with E-state index in [0.717, 1.165) is 18.4 Å². The van der Waals surface area contributed by atoms with Crippen LogP contribution in [0.5, 0.6) is 0 Å². The molecule has 0 aliphatic carbocycles. The van der Waals surface area contributed by atoms with Gasteiger partial charge in [0.25, 0.3) is 0 Å². The Balaban J connectivity index is 2.26. The molecule has 2 rings (SSSR count). The van der Waals surface area contributed by atoms with E-state index in [9.17, 15) is 9.90 Å². The van der Waals surface area contributed by atoms with Gasteiger partial charge in [-0.15, -0.1) is 0 Å². The molecule has 2 unspecified atom stereocenters. The highest BCUT2D eigenvalue weighted by atomic mass is 16.3. The smallest absolute Gasteiger partial charge is 0.220 e. The van der Waals surface area contributed by atoms with Crippen LogP contribution in [-0.4, -0.2) is 17.6 Å². The van der Waals surface area contributed by atoms with Gasteiger partial charge in [0.05, 0.1) is 6.61 Å². The number of hydrogen-bond acceptors (Lipinski definition) is 2. The molecule has 0 aliphatic rings. The Morgan fingerprint density at radius 1 is 0.913 bits per heavy atom. The Bertz CT molecular complexity index is 598. The molecule has 23 heavy (non-hydrogen) atoms. The maximum atomic E-state index is 11.3. The van der Waals surface area contributed by atoms with E-state index in [1.54, 1.807) is 0 Å². The number of carbonyl (C=O) groups is 1. The first-order valence-electron chi connectivity index (χ1n) is 8.13. The van der Waals surface area contributed by atoms with Crippen LogP contribution in [0.25, 0.3) is 0 Å². The van der Waals surface area contributed by atoms with E-state index >= 15 is 0 Å². The number of aliphatic hydroxyl groups is 1. The summed E-state index contributed by atoms with van der Waals surface area (Å²) in [4.78, 5) is 11.3. The van der Waals surface area contributed by atoms with Crippen molar-refractivity contribution >= 4 is 5.91 Å². The average Bonchev–Trinajstić information content (AvgIpc) is 2.59. The van der Waals surface area contributed by atoms with Gasteiger partial charge in [-0.25, -0.2) is 0 Å². The van der Waals surface area contributed by atoms with Gasteiger partial charge >= 0.3 is 0 Å². The highest BCUT2D eigenvalue weighted by Gasteiger charge is 2.25. The summed E-state index contributed by atoms with van der Waals surface area (Å²) in [6.07, 6.45) is 1.53. The van der Waals surface area contributed by atoms with Gasteiger partial charge < -0.3 is 10.8 Å². The fourth-order valence-electron chi connectivity index (χ4n) is 3.04. The van der Waals surface area contributed by atoms with Gasteiger partial charge in [-0.2, -0.15) is 0 Å². The van der Waals surface area contributed by atoms with E-state index in [1.165, 1.54) is 5.56 Å². The van der Waals surface area contributed by atoms with Crippen LogP contribution < -0.4 is 5.73 Å². The maximum Gasteiger partial charge on any atom is 0.220 e. The number of rotatable bonds is 8. The van der Waals surface area contributed by atoms with Crippen LogP contribution in [0.3, 0.4) is 0 Å². The molecule has 0 saturated heterocycles. The minimum atomic E-state index is -0.267.